The van der Waals surface area contributed by atoms with Crippen molar-refractivity contribution < 1.29 is 4.74 Å². The molecule has 2 heteroatoms. The fourth-order valence-electron chi connectivity index (χ4n) is 2.24. The fraction of sp³-hybridized carbons (Fsp3) is 1.00. The molecule has 0 aliphatic rings. The van der Waals surface area contributed by atoms with Crippen LogP contribution in [0.5, 0.6) is 0 Å². The van der Waals surface area contributed by atoms with E-state index in [4.69, 9.17) is 4.74 Å². The maximum Gasteiger partial charge on any atom is 0.0480 e. The van der Waals surface area contributed by atoms with Crippen molar-refractivity contribution in [2.75, 3.05) is 20.3 Å². The van der Waals surface area contributed by atoms with E-state index in [1.165, 1.54) is 32.1 Å². The smallest absolute Gasteiger partial charge is 0.0480 e. The minimum absolute atomic E-state index is 0.633. The summed E-state index contributed by atoms with van der Waals surface area (Å²) in [6, 6.07) is 0.633. The molecule has 0 aliphatic heterocycles. The topological polar surface area (TPSA) is 21.3 Å². The second kappa shape index (κ2) is 12.4. The third-order valence-corrected chi connectivity index (χ3v) is 3.53. The van der Waals surface area contributed by atoms with Crippen molar-refractivity contribution in [1.29, 1.82) is 0 Å². The van der Waals surface area contributed by atoms with Crippen LogP contribution in [0, 0.1) is 5.92 Å². The first-order valence-corrected chi connectivity index (χ1v) is 7.53. The maximum absolute atomic E-state index is 5.57. The molecule has 104 valence electrons. The van der Waals surface area contributed by atoms with Gasteiger partial charge in [-0.15, -0.1) is 0 Å². The van der Waals surface area contributed by atoms with Crippen LogP contribution in [-0.4, -0.2) is 26.3 Å². The molecule has 0 heterocycles. The van der Waals surface area contributed by atoms with Gasteiger partial charge in [0.05, 0.1) is 0 Å². The fourth-order valence-corrected chi connectivity index (χ4v) is 2.24. The van der Waals surface area contributed by atoms with Gasteiger partial charge in [0.2, 0.25) is 0 Å². The van der Waals surface area contributed by atoms with Crippen molar-refractivity contribution in [3.63, 3.8) is 0 Å². The van der Waals surface area contributed by atoms with E-state index >= 15 is 0 Å². The molecule has 0 rings (SSSR count). The van der Waals surface area contributed by atoms with Crippen molar-refractivity contribution in [2.24, 2.45) is 5.92 Å². The van der Waals surface area contributed by atoms with E-state index in [9.17, 15) is 0 Å². The Balaban J connectivity index is 3.74. The Kier molecular flexibility index (Phi) is 12.3. The van der Waals surface area contributed by atoms with Crippen molar-refractivity contribution in [3.05, 3.63) is 0 Å². The molecule has 0 bridgehead atoms. The molecule has 0 amide bonds. The highest BCUT2D eigenvalue weighted by Gasteiger charge is 2.13. The largest absolute Gasteiger partial charge is 0.381 e. The van der Waals surface area contributed by atoms with E-state index < -0.39 is 0 Å². The van der Waals surface area contributed by atoms with Crippen LogP contribution in [0.1, 0.15) is 65.7 Å². The average Bonchev–Trinajstić information content (AvgIpc) is 2.37. The van der Waals surface area contributed by atoms with Gasteiger partial charge in [-0.1, -0.05) is 46.5 Å². The van der Waals surface area contributed by atoms with E-state index in [0.29, 0.717) is 6.04 Å². The number of hydrogen-bond donors (Lipinski definition) is 1. The molecule has 0 aromatic carbocycles. The van der Waals surface area contributed by atoms with Crippen LogP contribution in [0.4, 0.5) is 0 Å². The Labute approximate surface area is 109 Å². The molecule has 1 N–H and O–H groups in total. The summed E-state index contributed by atoms with van der Waals surface area (Å²) in [6.45, 7) is 8.57. The zero-order chi connectivity index (χ0) is 12.9. The van der Waals surface area contributed by atoms with Gasteiger partial charge in [-0.05, 0) is 32.2 Å². The average molecular weight is 243 g/mol. The Hall–Kier alpha value is -0.0800. The van der Waals surface area contributed by atoms with E-state index in [0.717, 1.165) is 32.0 Å². The standard InChI is InChI=1S/C15H33NO/c1-5-8-9-14(7-3)13-15(16-4)10-12-17-11-6-2/h14-16H,5-13H2,1-4H3. The molecule has 0 spiro atoms. The molecule has 2 atom stereocenters. The number of rotatable bonds is 12. The predicted molar refractivity (Wildman–Crippen MR) is 76.5 cm³/mol. The van der Waals surface area contributed by atoms with Crippen LogP contribution >= 0.6 is 0 Å². The Bertz CT molecular complexity index is 150. The monoisotopic (exact) mass is 243 g/mol. The number of unbranched alkanes of at least 4 members (excludes halogenated alkanes) is 1. The first-order chi connectivity index (χ1) is 8.28. The van der Waals surface area contributed by atoms with Crippen LogP contribution < -0.4 is 5.32 Å². The maximum atomic E-state index is 5.57. The highest BCUT2D eigenvalue weighted by Crippen LogP contribution is 2.19. The highest BCUT2D eigenvalue weighted by molar-refractivity contribution is 4.70. The lowest BCUT2D eigenvalue weighted by Crippen LogP contribution is -2.29. The summed E-state index contributed by atoms with van der Waals surface area (Å²) < 4.78 is 5.57. The van der Waals surface area contributed by atoms with Gasteiger partial charge < -0.3 is 10.1 Å². The van der Waals surface area contributed by atoms with Crippen LogP contribution in [0.25, 0.3) is 0 Å². The number of hydrogen-bond acceptors (Lipinski definition) is 2. The van der Waals surface area contributed by atoms with Gasteiger partial charge in [0.25, 0.3) is 0 Å². The minimum Gasteiger partial charge on any atom is -0.381 e. The molecule has 0 aromatic rings. The zero-order valence-electron chi connectivity index (χ0n) is 12.4. The molecule has 2 nitrogen and oxygen atoms in total. The zero-order valence-corrected chi connectivity index (χ0v) is 12.4. The lowest BCUT2D eigenvalue weighted by atomic mass is 9.91. The predicted octanol–water partition coefficient (Wildman–Crippen LogP) is 4.00. The Morgan fingerprint density at radius 1 is 1.00 bits per heavy atom. The van der Waals surface area contributed by atoms with Crippen molar-refractivity contribution in [3.8, 4) is 0 Å². The molecule has 2 unspecified atom stereocenters. The molecular weight excluding hydrogens is 210 g/mol. The second-order valence-corrected chi connectivity index (χ2v) is 5.04. The number of nitrogens with one attached hydrogen (secondary N) is 1. The van der Waals surface area contributed by atoms with E-state index in [2.05, 4.69) is 33.1 Å². The van der Waals surface area contributed by atoms with E-state index in [1.807, 2.05) is 0 Å². The van der Waals surface area contributed by atoms with Crippen molar-refractivity contribution in [2.45, 2.75) is 71.8 Å². The molecular formula is C15H33NO. The van der Waals surface area contributed by atoms with Crippen LogP contribution in [0.15, 0.2) is 0 Å². The van der Waals surface area contributed by atoms with Gasteiger partial charge >= 0.3 is 0 Å². The normalized spacial score (nSPS) is 14.8. The van der Waals surface area contributed by atoms with Gasteiger partial charge in [-0.3, -0.25) is 0 Å². The van der Waals surface area contributed by atoms with E-state index in [-0.39, 0.29) is 0 Å². The number of ether oxygens (including phenoxy) is 1. The summed E-state index contributed by atoms with van der Waals surface area (Å²) in [4.78, 5) is 0. The van der Waals surface area contributed by atoms with Gasteiger partial charge in [0.1, 0.15) is 0 Å². The molecule has 0 radical (unpaired) electrons. The SMILES string of the molecule is CCCCC(CC)CC(CCOCCC)NC. The Morgan fingerprint density at radius 2 is 1.76 bits per heavy atom. The molecule has 0 saturated carbocycles. The van der Waals surface area contributed by atoms with E-state index in [1.54, 1.807) is 0 Å². The molecule has 0 saturated heterocycles. The summed E-state index contributed by atoms with van der Waals surface area (Å²) in [5.41, 5.74) is 0. The van der Waals surface area contributed by atoms with Gasteiger partial charge in [0.15, 0.2) is 0 Å². The summed E-state index contributed by atoms with van der Waals surface area (Å²) in [6.07, 6.45) is 8.98. The molecule has 0 aromatic heterocycles. The van der Waals surface area contributed by atoms with Crippen molar-refractivity contribution in [1.82, 2.24) is 5.32 Å². The molecule has 0 aliphatic carbocycles. The minimum atomic E-state index is 0.633. The third-order valence-electron chi connectivity index (χ3n) is 3.53. The highest BCUT2D eigenvalue weighted by atomic mass is 16.5. The first-order valence-electron chi connectivity index (χ1n) is 7.53. The van der Waals surface area contributed by atoms with Gasteiger partial charge in [0, 0.05) is 19.3 Å². The molecule has 0 fully saturated rings. The summed E-state index contributed by atoms with van der Waals surface area (Å²) in [7, 11) is 2.08. The summed E-state index contributed by atoms with van der Waals surface area (Å²) >= 11 is 0. The lowest BCUT2D eigenvalue weighted by molar-refractivity contribution is 0.122. The van der Waals surface area contributed by atoms with Gasteiger partial charge in [-0.25, -0.2) is 0 Å². The second-order valence-electron chi connectivity index (χ2n) is 5.04. The first kappa shape index (κ1) is 16.9. The Morgan fingerprint density at radius 3 is 2.29 bits per heavy atom. The quantitative estimate of drug-likeness (QED) is 0.523. The van der Waals surface area contributed by atoms with Crippen LogP contribution in [0.3, 0.4) is 0 Å². The van der Waals surface area contributed by atoms with Crippen LogP contribution in [-0.2, 0) is 4.74 Å². The van der Waals surface area contributed by atoms with Gasteiger partial charge in [-0.2, -0.15) is 0 Å². The summed E-state index contributed by atoms with van der Waals surface area (Å²) in [5, 5.41) is 3.44. The molecule has 17 heavy (non-hydrogen) atoms. The lowest BCUT2D eigenvalue weighted by Gasteiger charge is -2.22. The summed E-state index contributed by atoms with van der Waals surface area (Å²) in [5.74, 6) is 0.888. The third kappa shape index (κ3) is 9.61. The van der Waals surface area contributed by atoms with Crippen LogP contribution in [0.2, 0.25) is 0 Å². The van der Waals surface area contributed by atoms with Crippen molar-refractivity contribution >= 4 is 0 Å².